The Morgan fingerprint density at radius 2 is 2.29 bits per heavy atom. The largest absolute Gasteiger partial charge is 0.338 e. The number of amides is 1. The number of carbonyl (C=O) groups is 1. The number of likely N-dealkylation sites (N-methyl/N-ethyl adjacent to an activating group) is 1. The van der Waals surface area contributed by atoms with Crippen LogP contribution in [0, 0.1) is 0 Å². The van der Waals surface area contributed by atoms with E-state index in [1.54, 1.807) is 17.5 Å². The zero-order chi connectivity index (χ0) is 16.9. The number of nitrogens with zero attached hydrogens (tertiary/aromatic N) is 4. The molecule has 1 fully saturated rings. The lowest BCUT2D eigenvalue weighted by Crippen LogP contribution is -2.48. The smallest absolute Gasteiger partial charge is 0.228 e. The molecule has 2 aromatic rings. The first-order chi connectivity index (χ1) is 11.6. The highest BCUT2D eigenvalue weighted by Gasteiger charge is 2.27. The minimum Gasteiger partial charge on any atom is -0.338 e. The fraction of sp³-hybridized carbons (Fsp3) is 0.500. The van der Waals surface area contributed by atoms with Crippen molar-refractivity contribution in [2.24, 2.45) is 0 Å². The number of thiazole rings is 1. The van der Waals surface area contributed by atoms with E-state index in [-0.39, 0.29) is 5.91 Å². The molecule has 1 atom stereocenters. The van der Waals surface area contributed by atoms with Crippen LogP contribution in [-0.4, -0.2) is 58.9 Å². The fourth-order valence-corrected chi connectivity index (χ4v) is 4.02. The molecule has 1 amide bonds. The Kier molecular flexibility index (Phi) is 5.58. The highest BCUT2D eigenvalue weighted by atomic mass is 32.1. The molecule has 2 aromatic heterocycles. The number of piperidine rings is 1. The maximum Gasteiger partial charge on any atom is 0.228 e. The number of hydrogen-bond donors (Lipinski definition) is 0. The monoisotopic (exact) mass is 344 g/mol. The van der Waals surface area contributed by atoms with Gasteiger partial charge in [-0.3, -0.25) is 9.78 Å². The van der Waals surface area contributed by atoms with Gasteiger partial charge in [0.2, 0.25) is 5.91 Å². The van der Waals surface area contributed by atoms with E-state index in [9.17, 15) is 4.79 Å². The standard InChI is InChI=1S/C18H24N4OS/c1-21(2)12-16-7-3-4-9-22(16)17(23)10-15-13-24-18(20-15)14-6-5-8-19-11-14/h5-6,8,11,13,16H,3-4,7,9-10,12H2,1-2H3. The van der Waals surface area contributed by atoms with Crippen molar-refractivity contribution < 1.29 is 4.79 Å². The van der Waals surface area contributed by atoms with Gasteiger partial charge >= 0.3 is 0 Å². The molecule has 1 saturated heterocycles. The molecule has 0 bridgehead atoms. The quantitative estimate of drug-likeness (QED) is 0.837. The van der Waals surface area contributed by atoms with Crippen LogP contribution in [0.3, 0.4) is 0 Å². The van der Waals surface area contributed by atoms with E-state index in [4.69, 9.17) is 0 Å². The second-order valence-corrected chi connectivity index (χ2v) is 7.42. The van der Waals surface area contributed by atoms with E-state index >= 15 is 0 Å². The van der Waals surface area contributed by atoms with E-state index in [0.29, 0.717) is 12.5 Å². The van der Waals surface area contributed by atoms with Crippen LogP contribution < -0.4 is 0 Å². The normalized spacial score (nSPS) is 18.1. The van der Waals surface area contributed by atoms with Gasteiger partial charge < -0.3 is 9.80 Å². The van der Waals surface area contributed by atoms with Gasteiger partial charge in [0.25, 0.3) is 0 Å². The molecule has 0 aromatic carbocycles. The molecule has 1 unspecified atom stereocenters. The van der Waals surface area contributed by atoms with Crippen LogP contribution in [-0.2, 0) is 11.2 Å². The molecule has 0 radical (unpaired) electrons. The topological polar surface area (TPSA) is 49.3 Å². The Balaban J connectivity index is 1.67. The summed E-state index contributed by atoms with van der Waals surface area (Å²) in [5.74, 6) is 0.199. The van der Waals surface area contributed by atoms with Crippen LogP contribution in [0.5, 0.6) is 0 Å². The molecular formula is C18H24N4OS. The summed E-state index contributed by atoms with van der Waals surface area (Å²) in [4.78, 5) is 25.7. The maximum absolute atomic E-state index is 12.8. The van der Waals surface area contributed by atoms with Crippen molar-refractivity contribution in [2.45, 2.75) is 31.7 Å². The van der Waals surface area contributed by atoms with Gasteiger partial charge in [-0.25, -0.2) is 4.98 Å². The van der Waals surface area contributed by atoms with Gasteiger partial charge in [-0.15, -0.1) is 11.3 Å². The van der Waals surface area contributed by atoms with Crippen molar-refractivity contribution >= 4 is 17.2 Å². The summed E-state index contributed by atoms with van der Waals surface area (Å²) < 4.78 is 0. The Morgan fingerprint density at radius 3 is 3.04 bits per heavy atom. The summed E-state index contributed by atoms with van der Waals surface area (Å²) in [6.45, 7) is 1.81. The van der Waals surface area contributed by atoms with Crippen LogP contribution in [0.2, 0.25) is 0 Å². The lowest BCUT2D eigenvalue weighted by molar-refractivity contribution is -0.134. The van der Waals surface area contributed by atoms with Crippen molar-refractivity contribution in [1.29, 1.82) is 0 Å². The first kappa shape index (κ1) is 17.0. The number of likely N-dealkylation sites (tertiary alicyclic amines) is 1. The lowest BCUT2D eigenvalue weighted by Gasteiger charge is -2.37. The average Bonchev–Trinajstić information content (AvgIpc) is 3.04. The predicted molar refractivity (Wildman–Crippen MR) is 97.0 cm³/mol. The van der Waals surface area contributed by atoms with Crippen LogP contribution in [0.1, 0.15) is 25.0 Å². The van der Waals surface area contributed by atoms with Crippen molar-refractivity contribution in [1.82, 2.24) is 19.8 Å². The zero-order valence-electron chi connectivity index (χ0n) is 14.3. The van der Waals surface area contributed by atoms with Crippen LogP contribution in [0.25, 0.3) is 10.6 Å². The molecule has 0 saturated carbocycles. The third-order valence-electron chi connectivity index (χ3n) is 4.32. The molecule has 1 aliphatic heterocycles. The van der Waals surface area contributed by atoms with Gasteiger partial charge in [-0.05, 0) is 45.5 Å². The number of aromatic nitrogens is 2. The molecule has 1 aliphatic rings. The molecule has 5 nitrogen and oxygen atoms in total. The molecule has 3 rings (SSSR count). The van der Waals surface area contributed by atoms with E-state index < -0.39 is 0 Å². The fourth-order valence-electron chi connectivity index (χ4n) is 3.21. The molecule has 3 heterocycles. The average molecular weight is 344 g/mol. The van der Waals surface area contributed by atoms with Crippen LogP contribution in [0.4, 0.5) is 0 Å². The minimum absolute atomic E-state index is 0.199. The first-order valence-electron chi connectivity index (χ1n) is 8.42. The van der Waals surface area contributed by atoms with Crippen molar-refractivity contribution in [3.63, 3.8) is 0 Å². The molecular weight excluding hydrogens is 320 g/mol. The SMILES string of the molecule is CN(C)CC1CCCCN1C(=O)Cc1csc(-c2cccnc2)n1. The van der Waals surface area contributed by atoms with Crippen LogP contribution in [0.15, 0.2) is 29.9 Å². The second kappa shape index (κ2) is 7.85. The molecule has 6 heteroatoms. The summed E-state index contributed by atoms with van der Waals surface area (Å²) in [6.07, 6.45) is 7.37. The number of hydrogen-bond acceptors (Lipinski definition) is 5. The van der Waals surface area contributed by atoms with Crippen molar-refractivity contribution in [2.75, 3.05) is 27.2 Å². The second-order valence-electron chi connectivity index (χ2n) is 6.56. The van der Waals surface area contributed by atoms with Gasteiger partial charge in [0, 0.05) is 42.5 Å². The minimum atomic E-state index is 0.199. The Bertz CT molecular complexity index is 671. The van der Waals surface area contributed by atoms with Crippen molar-refractivity contribution in [3.8, 4) is 10.6 Å². The van der Waals surface area contributed by atoms with E-state index in [1.165, 1.54) is 6.42 Å². The third kappa shape index (κ3) is 4.19. The van der Waals surface area contributed by atoms with Gasteiger partial charge in [0.05, 0.1) is 12.1 Å². The molecule has 24 heavy (non-hydrogen) atoms. The number of pyridine rings is 1. The molecule has 0 spiro atoms. The van der Waals surface area contributed by atoms with Gasteiger partial charge in [0.1, 0.15) is 5.01 Å². The van der Waals surface area contributed by atoms with E-state index in [1.807, 2.05) is 23.7 Å². The van der Waals surface area contributed by atoms with Gasteiger partial charge in [0.15, 0.2) is 0 Å². The zero-order valence-corrected chi connectivity index (χ0v) is 15.1. The Hall–Kier alpha value is -1.79. The summed E-state index contributed by atoms with van der Waals surface area (Å²) in [7, 11) is 4.13. The predicted octanol–water partition coefficient (Wildman–Crippen LogP) is 2.69. The van der Waals surface area contributed by atoms with Crippen LogP contribution >= 0.6 is 11.3 Å². The summed E-state index contributed by atoms with van der Waals surface area (Å²) >= 11 is 1.57. The third-order valence-corrected chi connectivity index (χ3v) is 5.26. The highest BCUT2D eigenvalue weighted by molar-refractivity contribution is 7.13. The summed E-state index contributed by atoms with van der Waals surface area (Å²) in [5.41, 5.74) is 1.86. The number of rotatable bonds is 5. The van der Waals surface area contributed by atoms with E-state index in [2.05, 4.69) is 33.9 Å². The molecule has 0 N–H and O–H groups in total. The van der Waals surface area contributed by atoms with Crippen molar-refractivity contribution in [3.05, 3.63) is 35.6 Å². The maximum atomic E-state index is 12.8. The summed E-state index contributed by atoms with van der Waals surface area (Å²) in [5, 5.41) is 2.92. The van der Waals surface area contributed by atoms with Gasteiger partial charge in [-0.1, -0.05) is 0 Å². The summed E-state index contributed by atoms with van der Waals surface area (Å²) in [6, 6.07) is 4.23. The highest BCUT2D eigenvalue weighted by Crippen LogP contribution is 2.24. The Labute approximate surface area is 147 Å². The van der Waals surface area contributed by atoms with E-state index in [0.717, 1.165) is 42.2 Å². The first-order valence-corrected chi connectivity index (χ1v) is 9.30. The Morgan fingerprint density at radius 1 is 1.42 bits per heavy atom. The lowest BCUT2D eigenvalue weighted by atomic mass is 10.0. The number of carbonyl (C=O) groups excluding carboxylic acids is 1. The van der Waals surface area contributed by atoms with Gasteiger partial charge in [-0.2, -0.15) is 0 Å². The molecule has 0 aliphatic carbocycles. The molecule has 128 valence electrons.